The van der Waals surface area contributed by atoms with Crippen LogP contribution in [0.3, 0.4) is 0 Å². The van der Waals surface area contributed by atoms with E-state index < -0.39 is 0 Å². The lowest BCUT2D eigenvalue weighted by molar-refractivity contribution is -0.116. The molecule has 1 aromatic rings. The van der Waals surface area contributed by atoms with Crippen LogP contribution in [-0.4, -0.2) is 33.3 Å². The summed E-state index contributed by atoms with van der Waals surface area (Å²) in [4.78, 5) is 11.8. The van der Waals surface area contributed by atoms with Crippen LogP contribution in [0.25, 0.3) is 0 Å². The van der Waals surface area contributed by atoms with E-state index in [4.69, 9.17) is 19.9 Å². The Hall–Kier alpha value is -1.95. The smallest absolute Gasteiger partial charge is 0.224 e. The van der Waals surface area contributed by atoms with E-state index in [0.717, 1.165) is 0 Å². The molecular weight excluding hydrogens is 260 g/mol. The minimum absolute atomic E-state index is 0.0449. The second-order valence-electron chi connectivity index (χ2n) is 4.43. The molecule has 0 saturated carbocycles. The van der Waals surface area contributed by atoms with Crippen LogP contribution in [0.4, 0.5) is 11.4 Å². The summed E-state index contributed by atoms with van der Waals surface area (Å²) in [5.74, 6) is 0.922. The highest BCUT2D eigenvalue weighted by atomic mass is 16.5. The molecule has 1 atom stereocenters. The molecule has 1 amide bonds. The van der Waals surface area contributed by atoms with Crippen molar-refractivity contribution in [2.75, 3.05) is 32.4 Å². The molecule has 0 fully saturated rings. The highest BCUT2D eigenvalue weighted by molar-refractivity contribution is 5.94. The van der Waals surface area contributed by atoms with E-state index in [1.54, 1.807) is 19.2 Å². The number of carbonyl (C=O) groups excluding carboxylic acids is 1. The zero-order valence-corrected chi connectivity index (χ0v) is 12.4. The van der Waals surface area contributed by atoms with Crippen molar-refractivity contribution in [1.29, 1.82) is 0 Å². The van der Waals surface area contributed by atoms with Crippen molar-refractivity contribution in [3.05, 3.63) is 12.1 Å². The van der Waals surface area contributed by atoms with Gasteiger partial charge < -0.3 is 25.3 Å². The summed E-state index contributed by atoms with van der Waals surface area (Å²) >= 11 is 0. The van der Waals surface area contributed by atoms with Gasteiger partial charge in [0.2, 0.25) is 5.91 Å². The minimum atomic E-state index is -0.118. The van der Waals surface area contributed by atoms with E-state index >= 15 is 0 Å². The standard InChI is InChI=1S/C14H22N2O4/c1-9(18-2)5-6-14(17)16-11-8-13(20-4)12(19-3)7-10(11)15/h7-9H,5-6,15H2,1-4H3,(H,16,17). The van der Waals surface area contributed by atoms with Crippen molar-refractivity contribution in [3.8, 4) is 11.5 Å². The van der Waals surface area contributed by atoms with Gasteiger partial charge in [0.1, 0.15) is 0 Å². The van der Waals surface area contributed by atoms with Crippen LogP contribution in [-0.2, 0) is 9.53 Å². The first-order chi connectivity index (χ1) is 9.51. The Balaban J connectivity index is 2.74. The van der Waals surface area contributed by atoms with Crippen LogP contribution < -0.4 is 20.5 Å². The third-order valence-corrected chi connectivity index (χ3v) is 3.01. The van der Waals surface area contributed by atoms with Crippen LogP contribution >= 0.6 is 0 Å². The van der Waals surface area contributed by atoms with Gasteiger partial charge in [-0.1, -0.05) is 0 Å². The molecule has 0 aliphatic rings. The van der Waals surface area contributed by atoms with Crippen molar-refractivity contribution in [2.45, 2.75) is 25.9 Å². The van der Waals surface area contributed by atoms with Gasteiger partial charge in [-0.15, -0.1) is 0 Å². The van der Waals surface area contributed by atoms with Crippen LogP contribution in [0, 0.1) is 0 Å². The number of methoxy groups -OCH3 is 3. The minimum Gasteiger partial charge on any atom is -0.493 e. The number of anilines is 2. The average molecular weight is 282 g/mol. The largest absolute Gasteiger partial charge is 0.493 e. The first-order valence-electron chi connectivity index (χ1n) is 6.36. The Labute approximate surface area is 119 Å². The highest BCUT2D eigenvalue weighted by Gasteiger charge is 2.12. The van der Waals surface area contributed by atoms with E-state index in [1.165, 1.54) is 14.2 Å². The number of nitrogens with one attached hydrogen (secondary N) is 1. The number of hydrogen-bond donors (Lipinski definition) is 2. The molecule has 0 aliphatic carbocycles. The molecule has 1 unspecified atom stereocenters. The molecule has 3 N–H and O–H groups in total. The summed E-state index contributed by atoms with van der Waals surface area (Å²) in [6.07, 6.45) is 1.06. The fourth-order valence-electron chi connectivity index (χ4n) is 1.67. The molecule has 0 heterocycles. The number of nitrogen functional groups attached to an aromatic ring is 1. The van der Waals surface area contributed by atoms with Crippen molar-refractivity contribution in [2.24, 2.45) is 0 Å². The normalized spacial score (nSPS) is 11.8. The number of carbonyl (C=O) groups is 1. The third kappa shape index (κ3) is 4.31. The molecule has 0 aliphatic heterocycles. The maximum Gasteiger partial charge on any atom is 0.224 e. The lowest BCUT2D eigenvalue weighted by atomic mass is 10.2. The zero-order chi connectivity index (χ0) is 15.1. The molecule has 1 aromatic carbocycles. The molecule has 0 saturated heterocycles. The number of hydrogen-bond acceptors (Lipinski definition) is 5. The number of ether oxygens (including phenoxy) is 3. The number of benzene rings is 1. The summed E-state index contributed by atoms with van der Waals surface area (Å²) in [6, 6.07) is 3.26. The first kappa shape index (κ1) is 16.1. The van der Waals surface area contributed by atoms with E-state index in [-0.39, 0.29) is 12.0 Å². The Morgan fingerprint density at radius 1 is 1.25 bits per heavy atom. The van der Waals surface area contributed by atoms with Gasteiger partial charge in [-0.3, -0.25) is 4.79 Å². The molecule has 0 radical (unpaired) electrons. The van der Waals surface area contributed by atoms with Crippen LogP contribution in [0.5, 0.6) is 11.5 Å². The molecule has 0 bridgehead atoms. The Bertz CT molecular complexity index is 463. The summed E-state index contributed by atoms with van der Waals surface area (Å²) in [6.45, 7) is 1.91. The van der Waals surface area contributed by atoms with Gasteiger partial charge in [-0.05, 0) is 13.3 Å². The lowest BCUT2D eigenvalue weighted by Crippen LogP contribution is -2.16. The quantitative estimate of drug-likeness (QED) is 0.748. The summed E-state index contributed by atoms with van der Waals surface area (Å²) in [5, 5.41) is 2.76. The van der Waals surface area contributed by atoms with Gasteiger partial charge in [-0.25, -0.2) is 0 Å². The van der Waals surface area contributed by atoms with Crippen LogP contribution in [0.2, 0.25) is 0 Å². The third-order valence-electron chi connectivity index (χ3n) is 3.01. The number of amides is 1. The number of nitrogens with two attached hydrogens (primary N) is 1. The van der Waals surface area contributed by atoms with Gasteiger partial charge in [-0.2, -0.15) is 0 Å². The summed E-state index contributed by atoms with van der Waals surface area (Å²) in [7, 11) is 4.68. The predicted octanol–water partition coefficient (Wildman–Crippen LogP) is 2.04. The topological polar surface area (TPSA) is 82.8 Å². The molecule has 0 spiro atoms. The molecular formula is C14H22N2O4. The van der Waals surface area contributed by atoms with Gasteiger partial charge >= 0.3 is 0 Å². The Kier molecular flexibility index (Phi) is 6.11. The van der Waals surface area contributed by atoms with Crippen molar-refractivity contribution >= 4 is 17.3 Å². The molecule has 20 heavy (non-hydrogen) atoms. The van der Waals surface area contributed by atoms with Crippen molar-refractivity contribution in [3.63, 3.8) is 0 Å². The van der Waals surface area contributed by atoms with Gasteiger partial charge in [0.15, 0.2) is 11.5 Å². The van der Waals surface area contributed by atoms with Crippen molar-refractivity contribution in [1.82, 2.24) is 0 Å². The maximum atomic E-state index is 11.8. The molecule has 6 nitrogen and oxygen atoms in total. The van der Waals surface area contributed by atoms with E-state index in [1.807, 2.05) is 6.92 Å². The van der Waals surface area contributed by atoms with Crippen LogP contribution in [0.1, 0.15) is 19.8 Å². The Morgan fingerprint density at radius 3 is 2.40 bits per heavy atom. The molecule has 112 valence electrons. The van der Waals surface area contributed by atoms with Crippen molar-refractivity contribution < 1.29 is 19.0 Å². The Morgan fingerprint density at radius 2 is 1.85 bits per heavy atom. The maximum absolute atomic E-state index is 11.8. The average Bonchev–Trinajstić information content (AvgIpc) is 2.46. The monoisotopic (exact) mass is 282 g/mol. The van der Waals surface area contributed by atoms with Crippen LogP contribution in [0.15, 0.2) is 12.1 Å². The van der Waals surface area contributed by atoms with Gasteiger partial charge in [0.05, 0.1) is 31.7 Å². The zero-order valence-electron chi connectivity index (χ0n) is 12.4. The second kappa shape index (κ2) is 7.59. The van der Waals surface area contributed by atoms with Gasteiger partial charge in [0.25, 0.3) is 0 Å². The first-order valence-corrected chi connectivity index (χ1v) is 6.36. The lowest BCUT2D eigenvalue weighted by Gasteiger charge is -2.14. The summed E-state index contributed by atoms with van der Waals surface area (Å²) < 4.78 is 15.4. The summed E-state index contributed by atoms with van der Waals surface area (Å²) in [5.41, 5.74) is 6.81. The predicted molar refractivity (Wildman–Crippen MR) is 78.3 cm³/mol. The molecule has 6 heteroatoms. The molecule has 1 rings (SSSR count). The van der Waals surface area contributed by atoms with E-state index in [9.17, 15) is 4.79 Å². The fraction of sp³-hybridized carbons (Fsp3) is 0.500. The second-order valence-corrected chi connectivity index (χ2v) is 4.43. The highest BCUT2D eigenvalue weighted by Crippen LogP contribution is 2.34. The fourth-order valence-corrected chi connectivity index (χ4v) is 1.67. The number of rotatable bonds is 7. The van der Waals surface area contributed by atoms with Gasteiger partial charge in [0, 0.05) is 25.7 Å². The molecule has 0 aromatic heterocycles. The van der Waals surface area contributed by atoms with E-state index in [0.29, 0.717) is 35.7 Å². The van der Waals surface area contributed by atoms with E-state index in [2.05, 4.69) is 5.32 Å². The SMILES string of the molecule is COc1cc(N)c(NC(=O)CCC(C)OC)cc1OC.